The van der Waals surface area contributed by atoms with Crippen molar-refractivity contribution in [2.24, 2.45) is 11.1 Å². The second kappa shape index (κ2) is 8.68. The van der Waals surface area contributed by atoms with Crippen LogP contribution in [0, 0.1) is 5.41 Å². The maximum Gasteiger partial charge on any atom is 0.258 e. The number of nitrogens with one attached hydrogen (secondary N) is 1. The standard InChI is InChI=1S/C18H28N2O.C8H5NO2/c1-17-8-7-15(19)12-18(17,9-10-20(2)13-17)14-5-4-6-16(11-14)21-3;10-7-5-3-1-2-4-6(5)8(11)9-7/h4-6,11,15H,7-10,12-13,19H2,1-3H3;1-4H,(H,9,10,11). The van der Waals surface area contributed by atoms with Crippen molar-refractivity contribution < 1.29 is 14.3 Å². The van der Waals surface area contributed by atoms with Gasteiger partial charge >= 0.3 is 0 Å². The van der Waals surface area contributed by atoms with Crippen LogP contribution in [0.15, 0.2) is 48.5 Å². The van der Waals surface area contributed by atoms with Crippen LogP contribution >= 0.6 is 0 Å². The van der Waals surface area contributed by atoms with Crippen molar-refractivity contribution in [1.82, 2.24) is 10.2 Å². The van der Waals surface area contributed by atoms with Gasteiger partial charge in [-0.25, -0.2) is 0 Å². The minimum Gasteiger partial charge on any atom is -0.497 e. The first-order valence-corrected chi connectivity index (χ1v) is 11.3. The molecule has 170 valence electrons. The Labute approximate surface area is 190 Å². The summed E-state index contributed by atoms with van der Waals surface area (Å²) in [4.78, 5) is 24.4. The Morgan fingerprint density at radius 2 is 1.75 bits per heavy atom. The number of likely N-dealkylation sites (tertiary alicyclic amines) is 1. The first-order chi connectivity index (χ1) is 15.3. The summed E-state index contributed by atoms with van der Waals surface area (Å²) >= 11 is 0. The summed E-state index contributed by atoms with van der Waals surface area (Å²) in [5.74, 6) is 0.360. The van der Waals surface area contributed by atoms with E-state index in [2.05, 4.69) is 42.4 Å². The van der Waals surface area contributed by atoms with Crippen LogP contribution in [0.1, 0.15) is 58.9 Å². The van der Waals surface area contributed by atoms with Crippen molar-refractivity contribution in [2.75, 3.05) is 27.2 Å². The highest BCUT2D eigenvalue weighted by molar-refractivity contribution is 6.21. The normalized spacial score (nSPS) is 29.3. The van der Waals surface area contributed by atoms with E-state index in [1.54, 1.807) is 31.4 Å². The van der Waals surface area contributed by atoms with Crippen LogP contribution in [0.25, 0.3) is 0 Å². The molecule has 0 aromatic heterocycles. The van der Waals surface area contributed by atoms with E-state index in [0.29, 0.717) is 22.6 Å². The smallest absolute Gasteiger partial charge is 0.258 e. The number of carbonyl (C=O) groups excluding carboxylic acids is 2. The number of nitrogens with two attached hydrogens (primary N) is 1. The Morgan fingerprint density at radius 3 is 2.41 bits per heavy atom. The summed E-state index contributed by atoms with van der Waals surface area (Å²) in [5.41, 5.74) is 9.25. The van der Waals surface area contributed by atoms with E-state index in [9.17, 15) is 9.59 Å². The minimum absolute atomic E-state index is 0.200. The van der Waals surface area contributed by atoms with Crippen molar-refractivity contribution in [2.45, 2.75) is 44.1 Å². The highest BCUT2D eigenvalue weighted by Crippen LogP contribution is 2.56. The van der Waals surface area contributed by atoms with Crippen LogP contribution in [-0.2, 0) is 5.41 Å². The SMILES string of the molecule is COc1cccc(C23CCN(C)CC2(C)CCC(N)C3)c1.O=C1NC(=O)c2ccccc21. The molecular weight excluding hydrogens is 402 g/mol. The van der Waals surface area contributed by atoms with Crippen LogP contribution in [0.3, 0.4) is 0 Å². The number of ether oxygens (including phenoxy) is 1. The lowest BCUT2D eigenvalue weighted by atomic mass is 9.50. The molecule has 1 saturated heterocycles. The second-order valence-corrected chi connectivity index (χ2v) is 9.69. The van der Waals surface area contributed by atoms with Gasteiger partial charge in [-0.05, 0) is 74.5 Å². The van der Waals surface area contributed by atoms with Gasteiger partial charge in [0.2, 0.25) is 0 Å². The number of amides is 2. The number of fused-ring (bicyclic) bond motifs is 2. The Morgan fingerprint density at radius 1 is 1.06 bits per heavy atom. The summed E-state index contributed by atoms with van der Waals surface area (Å²) in [7, 11) is 3.99. The number of hydrogen-bond acceptors (Lipinski definition) is 5. The van der Waals surface area contributed by atoms with Crippen LogP contribution < -0.4 is 15.8 Å². The Hall–Kier alpha value is -2.70. The molecular formula is C26H33N3O3. The maximum absolute atomic E-state index is 10.9. The lowest BCUT2D eigenvalue weighted by Crippen LogP contribution is -2.60. The fourth-order valence-corrected chi connectivity index (χ4v) is 5.88. The van der Waals surface area contributed by atoms with Gasteiger partial charge in [0.15, 0.2) is 0 Å². The van der Waals surface area contributed by atoms with Gasteiger partial charge in [-0.1, -0.05) is 31.2 Å². The largest absolute Gasteiger partial charge is 0.497 e. The zero-order valence-electron chi connectivity index (χ0n) is 19.2. The first-order valence-electron chi connectivity index (χ1n) is 11.3. The molecule has 3 atom stereocenters. The fraction of sp³-hybridized carbons (Fsp3) is 0.462. The molecule has 5 rings (SSSR count). The Kier molecular flexibility index (Phi) is 6.10. The molecule has 2 aromatic carbocycles. The Bertz CT molecular complexity index is 990. The van der Waals surface area contributed by atoms with Gasteiger partial charge in [0.25, 0.3) is 11.8 Å². The molecule has 3 unspecified atom stereocenters. The van der Waals surface area contributed by atoms with E-state index in [1.807, 2.05) is 6.07 Å². The molecule has 1 saturated carbocycles. The summed E-state index contributed by atoms with van der Waals surface area (Å²) in [6.45, 7) is 4.78. The number of carbonyl (C=O) groups is 2. The van der Waals surface area contributed by atoms with Gasteiger partial charge in [0.1, 0.15) is 5.75 Å². The summed E-state index contributed by atoms with van der Waals surface area (Å²) < 4.78 is 5.46. The molecule has 2 amide bonds. The van der Waals surface area contributed by atoms with E-state index in [0.717, 1.165) is 31.7 Å². The van der Waals surface area contributed by atoms with E-state index < -0.39 is 0 Å². The van der Waals surface area contributed by atoms with Gasteiger partial charge in [-0.3, -0.25) is 14.9 Å². The van der Waals surface area contributed by atoms with Crippen LogP contribution in [0.2, 0.25) is 0 Å². The van der Waals surface area contributed by atoms with Crippen molar-refractivity contribution in [3.05, 3.63) is 65.2 Å². The molecule has 0 bridgehead atoms. The molecule has 0 radical (unpaired) electrons. The topological polar surface area (TPSA) is 84.7 Å². The van der Waals surface area contributed by atoms with Gasteiger partial charge in [-0.15, -0.1) is 0 Å². The quantitative estimate of drug-likeness (QED) is 0.707. The summed E-state index contributed by atoms with van der Waals surface area (Å²) in [6, 6.07) is 15.7. The van der Waals surface area contributed by atoms with Crippen molar-refractivity contribution in [3.63, 3.8) is 0 Å². The third kappa shape index (κ3) is 3.93. The zero-order chi connectivity index (χ0) is 22.9. The van der Waals surface area contributed by atoms with Gasteiger partial charge < -0.3 is 15.4 Å². The number of hydrogen-bond donors (Lipinski definition) is 2. The molecule has 0 spiro atoms. The zero-order valence-corrected chi connectivity index (χ0v) is 19.2. The summed E-state index contributed by atoms with van der Waals surface area (Å²) in [5, 5.41) is 2.20. The van der Waals surface area contributed by atoms with Crippen LogP contribution in [0.4, 0.5) is 0 Å². The van der Waals surface area contributed by atoms with Crippen molar-refractivity contribution in [1.29, 1.82) is 0 Å². The van der Waals surface area contributed by atoms with E-state index in [-0.39, 0.29) is 17.2 Å². The Balaban J connectivity index is 0.000000186. The van der Waals surface area contributed by atoms with Crippen molar-refractivity contribution in [3.8, 4) is 5.75 Å². The lowest BCUT2D eigenvalue weighted by Gasteiger charge is -2.59. The third-order valence-electron chi connectivity index (χ3n) is 7.64. The number of rotatable bonds is 2. The van der Waals surface area contributed by atoms with E-state index >= 15 is 0 Å². The molecule has 32 heavy (non-hydrogen) atoms. The first kappa shape index (κ1) is 22.5. The number of methoxy groups -OCH3 is 1. The predicted molar refractivity (Wildman–Crippen MR) is 125 cm³/mol. The lowest BCUT2D eigenvalue weighted by molar-refractivity contribution is -0.0176. The molecule has 6 nitrogen and oxygen atoms in total. The molecule has 2 aliphatic heterocycles. The third-order valence-corrected chi connectivity index (χ3v) is 7.64. The molecule has 2 aromatic rings. The van der Waals surface area contributed by atoms with Gasteiger partial charge in [0.05, 0.1) is 18.2 Å². The van der Waals surface area contributed by atoms with Crippen LogP contribution in [-0.4, -0.2) is 50.0 Å². The number of piperidine rings is 1. The maximum atomic E-state index is 10.9. The average molecular weight is 436 g/mol. The van der Waals surface area contributed by atoms with Crippen LogP contribution in [0.5, 0.6) is 5.75 Å². The van der Waals surface area contributed by atoms with E-state index in [1.165, 1.54) is 18.4 Å². The summed E-state index contributed by atoms with van der Waals surface area (Å²) in [6.07, 6.45) is 4.66. The van der Waals surface area contributed by atoms with Gasteiger partial charge in [-0.2, -0.15) is 0 Å². The second-order valence-electron chi connectivity index (χ2n) is 9.69. The predicted octanol–water partition coefficient (Wildman–Crippen LogP) is 3.36. The minimum atomic E-state index is -0.300. The molecule has 3 N–H and O–H groups in total. The molecule has 2 heterocycles. The highest BCUT2D eigenvalue weighted by Gasteiger charge is 2.54. The average Bonchev–Trinajstić information content (AvgIpc) is 3.08. The fourth-order valence-electron chi connectivity index (χ4n) is 5.88. The highest BCUT2D eigenvalue weighted by atomic mass is 16.5. The monoisotopic (exact) mass is 435 g/mol. The molecule has 2 fully saturated rings. The van der Waals surface area contributed by atoms with Gasteiger partial charge in [0, 0.05) is 18.0 Å². The van der Waals surface area contributed by atoms with E-state index in [4.69, 9.17) is 10.5 Å². The number of imide groups is 1. The molecule has 6 heteroatoms. The number of nitrogens with zero attached hydrogens (tertiary/aromatic N) is 1. The molecule has 1 aliphatic carbocycles. The molecule has 3 aliphatic rings. The van der Waals surface area contributed by atoms with Crippen molar-refractivity contribution >= 4 is 11.8 Å². The number of benzene rings is 2.